The molecule has 1 atom stereocenters. The van der Waals surface area contributed by atoms with Crippen LogP contribution in [0.15, 0.2) is 47.1 Å². The number of hydrogen-bond donors (Lipinski definition) is 1. The number of amides is 1. The first kappa shape index (κ1) is 17.5. The zero-order valence-electron chi connectivity index (χ0n) is 14.5. The van der Waals surface area contributed by atoms with Crippen LogP contribution in [0.4, 0.5) is 10.1 Å². The Morgan fingerprint density at radius 2 is 1.92 bits per heavy atom. The molecule has 0 radical (unpaired) electrons. The molecule has 0 saturated carbocycles. The molecule has 1 saturated heterocycles. The van der Waals surface area contributed by atoms with Gasteiger partial charge in [0, 0.05) is 44.8 Å². The van der Waals surface area contributed by atoms with E-state index < -0.39 is 0 Å². The summed E-state index contributed by atoms with van der Waals surface area (Å²) in [6, 6.07) is 10.5. The zero-order valence-corrected chi connectivity index (χ0v) is 14.5. The highest BCUT2D eigenvalue weighted by molar-refractivity contribution is 5.75. The third kappa shape index (κ3) is 4.39. The molecule has 1 aliphatic heterocycles. The number of furan rings is 1. The van der Waals surface area contributed by atoms with Crippen molar-refractivity contribution in [1.82, 2.24) is 10.2 Å². The molecule has 3 rings (SSSR count). The molecule has 1 aliphatic rings. The first-order valence-corrected chi connectivity index (χ1v) is 8.72. The Morgan fingerprint density at radius 1 is 1.20 bits per heavy atom. The normalized spacial score (nSPS) is 16.6. The maximum atomic E-state index is 13.1. The number of nitrogens with zero attached hydrogens (tertiary/aromatic N) is 2. The minimum atomic E-state index is -0.216. The molecule has 1 amide bonds. The van der Waals surface area contributed by atoms with E-state index in [1.807, 2.05) is 31.2 Å². The molecule has 2 aromatic rings. The van der Waals surface area contributed by atoms with E-state index in [0.717, 1.165) is 37.6 Å². The lowest BCUT2D eigenvalue weighted by atomic mass is 10.1. The number of carbonyl (C=O) groups is 1. The fraction of sp³-hybridized carbons (Fsp3) is 0.421. The molecule has 1 aromatic carbocycles. The maximum absolute atomic E-state index is 13.1. The Hall–Kier alpha value is -2.34. The molecule has 2 heterocycles. The summed E-state index contributed by atoms with van der Waals surface area (Å²) in [4.78, 5) is 16.2. The van der Waals surface area contributed by atoms with Crippen molar-refractivity contribution in [2.75, 3.05) is 37.6 Å². The van der Waals surface area contributed by atoms with Gasteiger partial charge < -0.3 is 14.6 Å². The number of halogens is 1. The van der Waals surface area contributed by atoms with E-state index in [1.54, 1.807) is 6.26 Å². The van der Waals surface area contributed by atoms with Crippen LogP contribution in [-0.4, -0.2) is 43.5 Å². The largest absolute Gasteiger partial charge is 0.468 e. The van der Waals surface area contributed by atoms with Crippen LogP contribution in [0.2, 0.25) is 0 Å². The van der Waals surface area contributed by atoms with Gasteiger partial charge in [0.15, 0.2) is 0 Å². The highest BCUT2D eigenvalue weighted by Crippen LogP contribution is 2.24. The predicted octanol–water partition coefficient (Wildman–Crippen LogP) is 2.81. The van der Waals surface area contributed by atoms with Crippen molar-refractivity contribution in [2.45, 2.75) is 19.4 Å². The number of anilines is 1. The number of nitrogens with one attached hydrogen (secondary N) is 1. The third-order valence-electron chi connectivity index (χ3n) is 4.63. The van der Waals surface area contributed by atoms with E-state index in [9.17, 15) is 9.18 Å². The Balaban J connectivity index is 1.63. The van der Waals surface area contributed by atoms with Gasteiger partial charge in [-0.25, -0.2) is 4.39 Å². The average molecular weight is 345 g/mol. The quantitative estimate of drug-likeness (QED) is 0.875. The highest BCUT2D eigenvalue weighted by atomic mass is 19.1. The van der Waals surface area contributed by atoms with Crippen molar-refractivity contribution in [2.24, 2.45) is 0 Å². The van der Waals surface area contributed by atoms with Gasteiger partial charge in [-0.1, -0.05) is 6.92 Å². The maximum Gasteiger partial charge on any atom is 0.219 e. The molecule has 1 fully saturated rings. The van der Waals surface area contributed by atoms with Crippen LogP contribution in [0.25, 0.3) is 0 Å². The fourth-order valence-electron chi connectivity index (χ4n) is 3.17. The summed E-state index contributed by atoms with van der Waals surface area (Å²) in [6.07, 6.45) is 2.14. The van der Waals surface area contributed by atoms with E-state index >= 15 is 0 Å². The molecule has 5 nitrogen and oxygen atoms in total. The van der Waals surface area contributed by atoms with Crippen LogP contribution in [0.5, 0.6) is 0 Å². The number of benzene rings is 1. The smallest absolute Gasteiger partial charge is 0.219 e. The molecule has 0 bridgehead atoms. The first-order chi connectivity index (χ1) is 12.2. The third-order valence-corrected chi connectivity index (χ3v) is 4.63. The van der Waals surface area contributed by atoms with Gasteiger partial charge in [0.05, 0.1) is 12.3 Å². The van der Waals surface area contributed by atoms with Crippen LogP contribution >= 0.6 is 0 Å². The fourth-order valence-corrected chi connectivity index (χ4v) is 3.17. The van der Waals surface area contributed by atoms with Gasteiger partial charge in [-0.05, 0) is 36.4 Å². The number of rotatable bonds is 6. The summed E-state index contributed by atoms with van der Waals surface area (Å²) in [5.41, 5.74) is 1.04. The monoisotopic (exact) mass is 345 g/mol. The van der Waals surface area contributed by atoms with Crippen molar-refractivity contribution in [1.29, 1.82) is 0 Å². The molecule has 0 spiro atoms. The lowest BCUT2D eigenvalue weighted by Crippen LogP contribution is -2.49. The molecule has 134 valence electrons. The van der Waals surface area contributed by atoms with Crippen molar-refractivity contribution in [3.05, 3.63) is 54.2 Å². The average Bonchev–Trinajstić information content (AvgIpc) is 3.17. The summed E-state index contributed by atoms with van der Waals surface area (Å²) in [5.74, 6) is 0.695. The standard InChI is InChI=1S/C19H24FN3O2/c1-2-19(24)21-14-17(18-4-3-13-25-18)23-11-9-22(10-12-23)16-7-5-15(20)6-8-16/h3-8,13,17H,2,9-12,14H2,1H3,(H,21,24)/t17-/m0/s1. The Bertz CT molecular complexity index is 664. The summed E-state index contributed by atoms with van der Waals surface area (Å²) in [7, 11) is 0. The van der Waals surface area contributed by atoms with E-state index in [-0.39, 0.29) is 17.8 Å². The second-order valence-electron chi connectivity index (χ2n) is 6.19. The molecule has 1 N–H and O–H groups in total. The summed E-state index contributed by atoms with van der Waals surface area (Å²) < 4.78 is 18.7. The Kier molecular flexibility index (Phi) is 5.71. The number of hydrogen-bond acceptors (Lipinski definition) is 4. The van der Waals surface area contributed by atoms with Gasteiger partial charge in [0.25, 0.3) is 0 Å². The van der Waals surface area contributed by atoms with Crippen molar-refractivity contribution >= 4 is 11.6 Å². The van der Waals surface area contributed by atoms with Crippen LogP contribution in [0, 0.1) is 5.82 Å². The first-order valence-electron chi connectivity index (χ1n) is 8.72. The second-order valence-corrected chi connectivity index (χ2v) is 6.19. The lowest BCUT2D eigenvalue weighted by molar-refractivity contribution is -0.121. The van der Waals surface area contributed by atoms with E-state index in [1.165, 1.54) is 12.1 Å². The minimum absolute atomic E-state index is 0.0286. The van der Waals surface area contributed by atoms with Gasteiger partial charge in [-0.3, -0.25) is 9.69 Å². The molecule has 1 aromatic heterocycles. The van der Waals surface area contributed by atoms with Crippen molar-refractivity contribution in [3.8, 4) is 0 Å². The Labute approximate surface area is 147 Å². The second kappa shape index (κ2) is 8.16. The number of carbonyl (C=O) groups excluding carboxylic acids is 1. The summed E-state index contributed by atoms with van der Waals surface area (Å²) in [5, 5.41) is 2.97. The van der Waals surface area contributed by atoms with Gasteiger partial charge in [0.2, 0.25) is 5.91 Å². The molecule has 0 unspecified atom stereocenters. The number of piperazine rings is 1. The van der Waals surface area contributed by atoms with Gasteiger partial charge in [-0.2, -0.15) is 0 Å². The topological polar surface area (TPSA) is 48.7 Å². The molecule has 6 heteroatoms. The SMILES string of the molecule is CCC(=O)NC[C@@H](c1ccco1)N1CCN(c2ccc(F)cc2)CC1. The van der Waals surface area contributed by atoms with Crippen molar-refractivity contribution < 1.29 is 13.6 Å². The van der Waals surface area contributed by atoms with E-state index in [2.05, 4.69) is 15.1 Å². The zero-order chi connectivity index (χ0) is 17.6. The lowest BCUT2D eigenvalue weighted by Gasteiger charge is -2.39. The summed E-state index contributed by atoms with van der Waals surface area (Å²) >= 11 is 0. The van der Waals surface area contributed by atoms with Gasteiger partial charge in [0.1, 0.15) is 11.6 Å². The molecule has 25 heavy (non-hydrogen) atoms. The van der Waals surface area contributed by atoms with E-state index in [0.29, 0.717) is 13.0 Å². The van der Waals surface area contributed by atoms with Gasteiger partial charge in [-0.15, -0.1) is 0 Å². The molecular formula is C19H24FN3O2. The van der Waals surface area contributed by atoms with Gasteiger partial charge >= 0.3 is 0 Å². The van der Waals surface area contributed by atoms with Crippen LogP contribution in [-0.2, 0) is 4.79 Å². The van der Waals surface area contributed by atoms with Crippen LogP contribution in [0.3, 0.4) is 0 Å². The van der Waals surface area contributed by atoms with E-state index in [4.69, 9.17) is 4.42 Å². The van der Waals surface area contributed by atoms with Crippen molar-refractivity contribution in [3.63, 3.8) is 0 Å². The van der Waals surface area contributed by atoms with Crippen LogP contribution < -0.4 is 10.2 Å². The predicted molar refractivity (Wildman–Crippen MR) is 94.9 cm³/mol. The Morgan fingerprint density at radius 3 is 2.52 bits per heavy atom. The van der Waals surface area contributed by atoms with Crippen LogP contribution in [0.1, 0.15) is 25.1 Å². The highest BCUT2D eigenvalue weighted by Gasteiger charge is 2.27. The summed E-state index contributed by atoms with van der Waals surface area (Å²) in [6.45, 7) is 5.79. The minimum Gasteiger partial charge on any atom is -0.468 e. The molecular weight excluding hydrogens is 321 g/mol. The molecule has 0 aliphatic carbocycles.